The lowest BCUT2D eigenvalue weighted by Crippen LogP contribution is -2.10. The van der Waals surface area contributed by atoms with Crippen LogP contribution in [0.3, 0.4) is 0 Å². The number of aryl methyl sites for hydroxylation is 1. The van der Waals surface area contributed by atoms with Gasteiger partial charge in [0, 0.05) is 28.9 Å². The second-order valence-electron chi connectivity index (χ2n) is 4.20. The number of hydrogen-bond acceptors (Lipinski definition) is 4. The second kappa shape index (κ2) is 4.48. The molecule has 2 N–H and O–H groups in total. The number of rotatable bonds is 2. The Hall–Kier alpha value is -1.78. The van der Waals surface area contributed by atoms with Crippen molar-refractivity contribution in [3.8, 4) is 0 Å². The van der Waals surface area contributed by atoms with E-state index in [1.54, 1.807) is 17.5 Å². The van der Waals surface area contributed by atoms with Gasteiger partial charge in [0.1, 0.15) is 0 Å². The molecule has 0 aliphatic heterocycles. The topological polar surface area (TPSA) is 51.8 Å². The Labute approximate surface area is 109 Å². The first-order chi connectivity index (χ1) is 8.75. The highest BCUT2D eigenvalue weighted by molar-refractivity contribution is 7.11. The second-order valence-corrected chi connectivity index (χ2v) is 5.47. The lowest BCUT2D eigenvalue weighted by Gasteiger charge is -2.12. The van der Waals surface area contributed by atoms with E-state index in [-0.39, 0.29) is 6.04 Å². The van der Waals surface area contributed by atoms with Crippen LogP contribution in [0, 0.1) is 6.92 Å². The standard InChI is InChI=1S/C14H13N3S/c1-9-17-8-13(18-9)14(15)12-4-2-3-10-7-16-6-5-11(10)12/h2-8,14H,15H2,1H3. The SMILES string of the molecule is Cc1ncc(C(N)c2cccc3cnccc23)s1. The van der Waals surface area contributed by atoms with Crippen LogP contribution in [0.4, 0.5) is 0 Å². The van der Waals surface area contributed by atoms with Crippen LogP contribution in [-0.4, -0.2) is 9.97 Å². The summed E-state index contributed by atoms with van der Waals surface area (Å²) in [5.41, 5.74) is 7.47. The summed E-state index contributed by atoms with van der Waals surface area (Å²) in [4.78, 5) is 9.50. The van der Waals surface area contributed by atoms with Crippen LogP contribution in [-0.2, 0) is 0 Å². The third-order valence-corrected chi connectivity index (χ3v) is 3.99. The lowest BCUT2D eigenvalue weighted by molar-refractivity contribution is 0.899. The Morgan fingerprint density at radius 1 is 1.22 bits per heavy atom. The summed E-state index contributed by atoms with van der Waals surface area (Å²) in [6.45, 7) is 1.99. The molecule has 2 heterocycles. The predicted molar refractivity (Wildman–Crippen MR) is 74.6 cm³/mol. The molecule has 0 saturated carbocycles. The van der Waals surface area contributed by atoms with E-state index in [2.05, 4.69) is 22.1 Å². The number of nitrogens with two attached hydrogens (primary N) is 1. The van der Waals surface area contributed by atoms with E-state index < -0.39 is 0 Å². The van der Waals surface area contributed by atoms with Gasteiger partial charge in [-0.15, -0.1) is 11.3 Å². The molecule has 1 unspecified atom stereocenters. The summed E-state index contributed by atoms with van der Waals surface area (Å²) in [5.74, 6) is 0. The average molecular weight is 255 g/mol. The van der Waals surface area contributed by atoms with Crippen molar-refractivity contribution in [2.75, 3.05) is 0 Å². The quantitative estimate of drug-likeness (QED) is 0.765. The minimum Gasteiger partial charge on any atom is -0.320 e. The van der Waals surface area contributed by atoms with Gasteiger partial charge in [-0.05, 0) is 23.9 Å². The molecule has 0 bridgehead atoms. The van der Waals surface area contributed by atoms with Crippen LogP contribution < -0.4 is 5.73 Å². The Kier molecular flexibility index (Phi) is 2.81. The van der Waals surface area contributed by atoms with Crippen molar-refractivity contribution in [2.45, 2.75) is 13.0 Å². The Morgan fingerprint density at radius 3 is 2.89 bits per heavy atom. The van der Waals surface area contributed by atoms with Crippen molar-refractivity contribution < 1.29 is 0 Å². The molecular formula is C14H13N3S. The zero-order chi connectivity index (χ0) is 12.5. The molecule has 90 valence electrons. The third kappa shape index (κ3) is 1.89. The largest absolute Gasteiger partial charge is 0.320 e. The van der Waals surface area contributed by atoms with Gasteiger partial charge < -0.3 is 5.73 Å². The van der Waals surface area contributed by atoms with Crippen LogP contribution >= 0.6 is 11.3 Å². The number of fused-ring (bicyclic) bond motifs is 1. The Bertz CT molecular complexity index is 685. The predicted octanol–water partition coefficient (Wildman–Crippen LogP) is 3.05. The zero-order valence-corrected chi connectivity index (χ0v) is 10.8. The minimum atomic E-state index is -0.123. The van der Waals surface area contributed by atoms with E-state index in [4.69, 9.17) is 5.73 Å². The van der Waals surface area contributed by atoms with Gasteiger partial charge >= 0.3 is 0 Å². The highest BCUT2D eigenvalue weighted by Crippen LogP contribution is 2.29. The summed E-state index contributed by atoms with van der Waals surface area (Å²) in [6.07, 6.45) is 5.53. The molecule has 3 aromatic rings. The smallest absolute Gasteiger partial charge is 0.0897 e. The molecule has 0 saturated heterocycles. The number of nitrogens with zero attached hydrogens (tertiary/aromatic N) is 2. The number of aromatic nitrogens is 2. The normalized spacial score (nSPS) is 12.8. The maximum atomic E-state index is 6.35. The van der Waals surface area contributed by atoms with E-state index in [1.165, 1.54) is 0 Å². The molecule has 0 radical (unpaired) electrons. The van der Waals surface area contributed by atoms with Gasteiger partial charge in [-0.2, -0.15) is 0 Å². The first kappa shape index (κ1) is 11.3. The minimum absolute atomic E-state index is 0.123. The molecule has 1 atom stereocenters. The fraction of sp³-hybridized carbons (Fsp3) is 0.143. The van der Waals surface area contributed by atoms with Crippen molar-refractivity contribution in [3.05, 3.63) is 58.3 Å². The number of pyridine rings is 1. The van der Waals surface area contributed by atoms with Crippen LogP contribution in [0.15, 0.2) is 42.9 Å². The third-order valence-electron chi connectivity index (χ3n) is 3.00. The van der Waals surface area contributed by atoms with Crippen molar-refractivity contribution >= 4 is 22.1 Å². The number of benzene rings is 1. The van der Waals surface area contributed by atoms with Gasteiger partial charge in [0.05, 0.1) is 11.0 Å². The van der Waals surface area contributed by atoms with Gasteiger partial charge in [-0.3, -0.25) is 4.98 Å². The van der Waals surface area contributed by atoms with E-state index in [9.17, 15) is 0 Å². The Balaban J connectivity index is 2.14. The number of hydrogen-bond donors (Lipinski definition) is 1. The van der Waals surface area contributed by atoms with Gasteiger partial charge in [0.2, 0.25) is 0 Å². The van der Waals surface area contributed by atoms with Crippen molar-refractivity contribution in [1.29, 1.82) is 0 Å². The van der Waals surface area contributed by atoms with Gasteiger partial charge in [-0.1, -0.05) is 18.2 Å². The Morgan fingerprint density at radius 2 is 2.11 bits per heavy atom. The van der Waals surface area contributed by atoms with E-state index >= 15 is 0 Å². The molecule has 3 rings (SSSR count). The fourth-order valence-electron chi connectivity index (χ4n) is 2.09. The fourth-order valence-corrected chi connectivity index (χ4v) is 2.90. The monoisotopic (exact) mass is 255 g/mol. The van der Waals surface area contributed by atoms with Gasteiger partial charge in [-0.25, -0.2) is 4.98 Å². The lowest BCUT2D eigenvalue weighted by atomic mass is 10.00. The molecule has 1 aromatic carbocycles. The molecule has 0 amide bonds. The molecule has 18 heavy (non-hydrogen) atoms. The molecule has 0 fully saturated rings. The molecule has 4 heteroatoms. The van der Waals surface area contributed by atoms with Crippen LogP contribution in [0.1, 0.15) is 21.5 Å². The van der Waals surface area contributed by atoms with E-state index in [0.29, 0.717) is 0 Å². The van der Waals surface area contributed by atoms with E-state index in [0.717, 1.165) is 26.2 Å². The summed E-state index contributed by atoms with van der Waals surface area (Å²) < 4.78 is 0. The van der Waals surface area contributed by atoms with Crippen LogP contribution in [0.5, 0.6) is 0 Å². The highest BCUT2D eigenvalue weighted by Gasteiger charge is 2.14. The molecule has 0 aliphatic carbocycles. The molecule has 0 spiro atoms. The van der Waals surface area contributed by atoms with Crippen LogP contribution in [0.25, 0.3) is 10.8 Å². The summed E-state index contributed by atoms with van der Waals surface area (Å²) in [5, 5.41) is 3.32. The van der Waals surface area contributed by atoms with Gasteiger partial charge in [0.15, 0.2) is 0 Å². The molecular weight excluding hydrogens is 242 g/mol. The van der Waals surface area contributed by atoms with Crippen molar-refractivity contribution in [3.63, 3.8) is 0 Å². The van der Waals surface area contributed by atoms with Gasteiger partial charge in [0.25, 0.3) is 0 Å². The van der Waals surface area contributed by atoms with Crippen molar-refractivity contribution in [2.24, 2.45) is 5.73 Å². The molecule has 3 nitrogen and oxygen atoms in total. The first-order valence-corrected chi connectivity index (χ1v) is 6.58. The van der Waals surface area contributed by atoms with E-state index in [1.807, 2.05) is 31.5 Å². The maximum Gasteiger partial charge on any atom is 0.0897 e. The average Bonchev–Trinajstić information content (AvgIpc) is 2.84. The zero-order valence-electron chi connectivity index (χ0n) is 10.00. The maximum absolute atomic E-state index is 6.35. The molecule has 2 aromatic heterocycles. The van der Waals surface area contributed by atoms with Crippen LogP contribution in [0.2, 0.25) is 0 Å². The summed E-state index contributed by atoms with van der Waals surface area (Å²) in [6, 6.07) is 8.03. The van der Waals surface area contributed by atoms with Crippen molar-refractivity contribution in [1.82, 2.24) is 9.97 Å². The molecule has 0 aliphatic rings. The summed E-state index contributed by atoms with van der Waals surface area (Å²) in [7, 11) is 0. The highest BCUT2D eigenvalue weighted by atomic mass is 32.1. The number of thiazole rings is 1. The first-order valence-electron chi connectivity index (χ1n) is 5.76. The summed E-state index contributed by atoms with van der Waals surface area (Å²) >= 11 is 1.65.